The highest BCUT2D eigenvalue weighted by Crippen LogP contribution is 2.21. The van der Waals surface area contributed by atoms with Gasteiger partial charge in [-0.15, -0.1) is 0 Å². The molecule has 2 aromatic rings. The second-order valence-electron chi connectivity index (χ2n) is 6.54. The number of anilines is 1. The summed E-state index contributed by atoms with van der Waals surface area (Å²) in [5.74, 6) is -0.968. The summed E-state index contributed by atoms with van der Waals surface area (Å²) in [5.41, 5.74) is 4.71. The van der Waals surface area contributed by atoms with Crippen molar-refractivity contribution in [3.8, 4) is 0 Å². The summed E-state index contributed by atoms with van der Waals surface area (Å²) in [6, 6.07) is 13.3. The molecule has 3 N–H and O–H groups in total. The first-order chi connectivity index (χ1) is 12.8. The van der Waals surface area contributed by atoms with Gasteiger partial charge in [0.15, 0.2) is 0 Å². The van der Waals surface area contributed by atoms with E-state index >= 15 is 0 Å². The van der Waals surface area contributed by atoms with Gasteiger partial charge >= 0.3 is 0 Å². The first-order valence-electron chi connectivity index (χ1n) is 8.80. The molecular formula is C21H25N3O3. The second kappa shape index (κ2) is 9.52. The van der Waals surface area contributed by atoms with Crippen molar-refractivity contribution in [2.75, 3.05) is 18.4 Å². The molecule has 0 heterocycles. The Morgan fingerprint density at radius 3 is 1.96 bits per heavy atom. The molecule has 0 aliphatic rings. The molecule has 0 aliphatic heterocycles. The summed E-state index contributed by atoms with van der Waals surface area (Å²) >= 11 is 0. The third kappa shape index (κ3) is 6.58. The van der Waals surface area contributed by atoms with Crippen LogP contribution in [0.2, 0.25) is 0 Å². The molecular weight excluding hydrogens is 342 g/mol. The van der Waals surface area contributed by atoms with Gasteiger partial charge in [0, 0.05) is 5.69 Å². The molecule has 27 heavy (non-hydrogen) atoms. The molecule has 0 atom stereocenters. The molecule has 6 heteroatoms. The zero-order valence-corrected chi connectivity index (χ0v) is 15.9. The molecule has 2 aromatic carbocycles. The largest absolute Gasteiger partial charge is 0.347 e. The van der Waals surface area contributed by atoms with Crippen LogP contribution in [0.4, 0.5) is 5.69 Å². The van der Waals surface area contributed by atoms with Crippen molar-refractivity contribution in [1.82, 2.24) is 10.6 Å². The van der Waals surface area contributed by atoms with Crippen molar-refractivity contribution in [3.05, 3.63) is 64.7 Å². The van der Waals surface area contributed by atoms with Crippen molar-refractivity contribution in [3.63, 3.8) is 0 Å². The van der Waals surface area contributed by atoms with Crippen molar-refractivity contribution < 1.29 is 14.4 Å². The highest BCUT2D eigenvalue weighted by Gasteiger charge is 2.11. The Labute approximate surface area is 159 Å². The molecule has 0 saturated carbocycles. The Morgan fingerprint density at radius 1 is 0.778 bits per heavy atom. The van der Waals surface area contributed by atoms with E-state index in [1.165, 1.54) is 0 Å². The molecule has 0 saturated heterocycles. The number of hydrogen-bond acceptors (Lipinski definition) is 3. The highest BCUT2D eigenvalue weighted by atomic mass is 16.2. The first kappa shape index (κ1) is 20.2. The van der Waals surface area contributed by atoms with Gasteiger partial charge in [0.25, 0.3) is 0 Å². The van der Waals surface area contributed by atoms with E-state index in [4.69, 9.17) is 0 Å². The molecule has 0 aromatic heterocycles. The Bertz CT molecular complexity index is 809. The lowest BCUT2D eigenvalue weighted by atomic mass is 10.1. The molecule has 0 bridgehead atoms. The van der Waals surface area contributed by atoms with Gasteiger partial charge in [0.05, 0.1) is 19.5 Å². The van der Waals surface area contributed by atoms with E-state index in [1.54, 1.807) is 0 Å². The van der Waals surface area contributed by atoms with E-state index in [9.17, 15) is 14.4 Å². The van der Waals surface area contributed by atoms with Crippen LogP contribution in [-0.4, -0.2) is 30.8 Å². The molecule has 142 valence electrons. The number of rotatable bonds is 7. The number of carbonyl (C=O) groups is 3. The number of aryl methyl sites for hydroxylation is 3. The maximum atomic E-state index is 12.1. The average Bonchev–Trinajstić information content (AvgIpc) is 2.62. The van der Waals surface area contributed by atoms with Crippen LogP contribution in [0.25, 0.3) is 0 Å². The summed E-state index contributed by atoms with van der Waals surface area (Å²) < 4.78 is 0. The van der Waals surface area contributed by atoms with Crippen LogP contribution < -0.4 is 16.0 Å². The highest BCUT2D eigenvalue weighted by molar-refractivity contribution is 5.96. The van der Waals surface area contributed by atoms with Gasteiger partial charge in [-0.05, 0) is 37.5 Å². The molecule has 3 amide bonds. The fraction of sp³-hybridized carbons (Fsp3) is 0.286. The van der Waals surface area contributed by atoms with Crippen LogP contribution in [0.3, 0.4) is 0 Å². The monoisotopic (exact) mass is 367 g/mol. The second-order valence-corrected chi connectivity index (χ2v) is 6.54. The third-order valence-electron chi connectivity index (χ3n) is 4.04. The fourth-order valence-corrected chi connectivity index (χ4v) is 2.82. The third-order valence-corrected chi connectivity index (χ3v) is 4.04. The van der Waals surface area contributed by atoms with E-state index in [0.717, 1.165) is 27.9 Å². The van der Waals surface area contributed by atoms with E-state index in [2.05, 4.69) is 16.0 Å². The van der Waals surface area contributed by atoms with Gasteiger partial charge in [0.1, 0.15) is 0 Å². The molecule has 2 rings (SSSR count). The molecule has 0 unspecified atom stereocenters. The van der Waals surface area contributed by atoms with Crippen LogP contribution in [0.5, 0.6) is 0 Å². The van der Waals surface area contributed by atoms with Gasteiger partial charge in [-0.2, -0.15) is 0 Å². The minimum atomic E-state index is -0.413. The van der Waals surface area contributed by atoms with E-state index in [0.29, 0.717) is 0 Å². The minimum Gasteiger partial charge on any atom is -0.347 e. The van der Waals surface area contributed by atoms with Crippen LogP contribution >= 0.6 is 0 Å². The van der Waals surface area contributed by atoms with Gasteiger partial charge in [-0.25, -0.2) is 0 Å². The Kier molecular flexibility index (Phi) is 7.11. The maximum absolute atomic E-state index is 12.1. The van der Waals surface area contributed by atoms with Crippen molar-refractivity contribution in [2.24, 2.45) is 0 Å². The topological polar surface area (TPSA) is 87.3 Å². The molecule has 0 aliphatic carbocycles. The maximum Gasteiger partial charge on any atom is 0.243 e. The average molecular weight is 367 g/mol. The summed E-state index contributed by atoms with van der Waals surface area (Å²) in [6.07, 6.45) is 0.209. The summed E-state index contributed by atoms with van der Waals surface area (Å²) in [7, 11) is 0. The van der Waals surface area contributed by atoms with Gasteiger partial charge < -0.3 is 16.0 Å². The van der Waals surface area contributed by atoms with Gasteiger partial charge in [-0.3, -0.25) is 14.4 Å². The number of nitrogens with one attached hydrogen (secondary N) is 3. The lowest BCUT2D eigenvalue weighted by molar-refractivity contribution is -0.126. The zero-order chi connectivity index (χ0) is 19.8. The Hall–Kier alpha value is -3.15. The smallest absolute Gasteiger partial charge is 0.243 e. The number of carbonyl (C=O) groups excluding carboxylic acids is 3. The van der Waals surface area contributed by atoms with Gasteiger partial charge in [-0.1, -0.05) is 48.0 Å². The number of hydrogen-bond donors (Lipinski definition) is 3. The lowest BCUT2D eigenvalue weighted by Gasteiger charge is -2.13. The van der Waals surface area contributed by atoms with Crippen LogP contribution in [-0.2, 0) is 20.8 Å². The van der Waals surface area contributed by atoms with Crippen LogP contribution in [0.1, 0.15) is 22.3 Å². The van der Waals surface area contributed by atoms with Crippen LogP contribution in [0, 0.1) is 20.8 Å². The Morgan fingerprint density at radius 2 is 1.33 bits per heavy atom. The summed E-state index contributed by atoms with van der Waals surface area (Å²) in [5, 5.41) is 7.87. The fourth-order valence-electron chi connectivity index (χ4n) is 2.82. The van der Waals surface area contributed by atoms with E-state index in [1.807, 2.05) is 63.2 Å². The predicted molar refractivity (Wildman–Crippen MR) is 105 cm³/mol. The van der Waals surface area contributed by atoms with Crippen molar-refractivity contribution in [2.45, 2.75) is 27.2 Å². The quantitative estimate of drug-likeness (QED) is 0.700. The minimum absolute atomic E-state index is 0.153. The van der Waals surface area contributed by atoms with E-state index in [-0.39, 0.29) is 31.3 Å². The number of benzene rings is 2. The van der Waals surface area contributed by atoms with E-state index < -0.39 is 5.91 Å². The zero-order valence-electron chi connectivity index (χ0n) is 15.9. The molecule has 6 nitrogen and oxygen atoms in total. The normalized spacial score (nSPS) is 10.2. The summed E-state index contributed by atoms with van der Waals surface area (Å²) in [6.45, 7) is 5.53. The van der Waals surface area contributed by atoms with Crippen LogP contribution in [0.15, 0.2) is 42.5 Å². The van der Waals surface area contributed by atoms with Crippen molar-refractivity contribution >= 4 is 23.4 Å². The molecule has 0 fully saturated rings. The van der Waals surface area contributed by atoms with Gasteiger partial charge in [0.2, 0.25) is 17.7 Å². The first-order valence-corrected chi connectivity index (χ1v) is 8.80. The predicted octanol–water partition coefficient (Wildman–Crippen LogP) is 2.03. The van der Waals surface area contributed by atoms with Crippen molar-refractivity contribution in [1.29, 1.82) is 0 Å². The Balaban J connectivity index is 1.73. The summed E-state index contributed by atoms with van der Waals surface area (Å²) in [4.78, 5) is 35.7. The standard InChI is InChI=1S/C21H25N3O3/c1-14-9-15(2)21(16(3)10-14)24-20(27)13-23-19(26)12-22-18(25)11-17-7-5-4-6-8-17/h4-10H,11-13H2,1-3H3,(H,22,25)(H,23,26)(H,24,27). The lowest BCUT2D eigenvalue weighted by Crippen LogP contribution is -2.40. The number of amides is 3. The molecule has 0 radical (unpaired) electrons. The SMILES string of the molecule is Cc1cc(C)c(NC(=O)CNC(=O)CNC(=O)Cc2ccccc2)c(C)c1. The molecule has 0 spiro atoms.